The number of furan rings is 1. The minimum Gasteiger partial charge on any atom is -0.465 e. The van der Waals surface area contributed by atoms with E-state index in [2.05, 4.69) is 4.72 Å². The van der Waals surface area contributed by atoms with Crippen LogP contribution in [0.1, 0.15) is 24.5 Å². The molecule has 2 aromatic rings. The molecular formula is C13H14ClNO3S. The first-order chi connectivity index (χ1) is 8.88. The topological polar surface area (TPSA) is 59.3 Å². The summed E-state index contributed by atoms with van der Waals surface area (Å²) in [4.78, 5) is 0.134. The molecule has 0 aliphatic rings. The number of nitrogens with one attached hydrogen (secondary N) is 1. The van der Waals surface area contributed by atoms with E-state index < -0.39 is 16.1 Å². The maximum Gasteiger partial charge on any atom is 0.241 e. The van der Waals surface area contributed by atoms with Gasteiger partial charge in [-0.15, -0.1) is 0 Å². The molecule has 2 rings (SSSR count). The van der Waals surface area contributed by atoms with Crippen molar-refractivity contribution in [2.24, 2.45) is 0 Å². The number of benzene rings is 1. The van der Waals surface area contributed by atoms with Gasteiger partial charge in [-0.2, -0.15) is 0 Å². The highest BCUT2D eigenvalue weighted by atomic mass is 35.5. The lowest BCUT2D eigenvalue weighted by atomic mass is 10.3. The molecule has 1 heterocycles. The van der Waals surface area contributed by atoms with Crippen LogP contribution in [0.15, 0.2) is 45.7 Å². The van der Waals surface area contributed by atoms with Gasteiger partial charge >= 0.3 is 0 Å². The van der Waals surface area contributed by atoms with E-state index in [9.17, 15) is 8.42 Å². The lowest BCUT2D eigenvalue weighted by molar-refractivity contribution is 0.441. The van der Waals surface area contributed by atoms with Crippen LogP contribution in [0.2, 0.25) is 5.02 Å². The number of hydrogen-bond acceptors (Lipinski definition) is 3. The van der Waals surface area contributed by atoms with Gasteiger partial charge in [0, 0.05) is 5.02 Å². The third-order valence-electron chi connectivity index (χ3n) is 2.63. The fourth-order valence-electron chi connectivity index (χ4n) is 1.68. The van der Waals surface area contributed by atoms with E-state index in [1.54, 1.807) is 31.2 Å². The largest absolute Gasteiger partial charge is 0.465 e. The highest BCUT2D eigenvalue weighted by Crippen LogP contribution is 2.20. The Balaban J connectivity index is 2.22. The molecule has 1 atom stereocenters. The molecule has 0 radical (unpaired) electrons. The van der Waals surface area contributed by atoms with Crippen molar-refractivity contribution in [1.82, 2.24) is 4.72 Å². The van der Waals surface area contributed by atoms with Gasteiger partial charge in [0.1, 0.15) is 11.5 Å². The molecule has 0 amide bonds. The lowest BCUT2D eigenvalue weighted by Crippen LogP contribution is -2.26. The molecule has 0 fully saturated rings. The Morgan fingerprint density at radius 3 is 2.58 bits per heavy atom. The standard InChI is InChI=1S/C13H14ClNO3S/c1-9-6-7-13(18-9)10(2)15-19(16,17)12-5-3-4-11(14)8-12/h3-8,10,15H,1-2H3. The highest BCUT2D eigenvalue weighted by molar-refractivity contribution is 7.89. The summed E-state index contributed by atoms with van der Waals surface area (Å²) in [5.41, 5.74) is 0. The molecule has 0 aliphatic carbocycles. The first-order valence-electron chi connectivity index (χ1n) is 5.73. The highest BCUT2D eigenvalue weighted by Gasteiger charge is 2.20. The molecule has 102 valence electrons. The number of hydrogen-bond donors (Lipinski definition) is 1. The average molecular weight is 300 g/mol. The molecule has 6 heteroatoms. The van der Waals surface area contributed by atoms with Crippen molar-refractivity contribution in [3.05, 3.63) is 52.9 Å². The molecule has 1 unspecified atom stereocenters. The van der Waals surface area contributed by atoms with Crippen LogP contribution < -0.4 is 4.72 Å². The minimum absolute atomic E-state index is 0.134. The SMILES string of the molecule is Cc1ccc(C(C)NS(=O)(=O)c2cccc(Cl)c2)o1. The Labute approximate surface area is 117 Å². The van der Waals surface area contributed by atoms with E-state index >= 15 is 0 Å². The van der Waals surface area contributed by atoms with Crippen LogP contribution >= 0.6 is 11.6 Å². The molecule has 0 saturated heterocycles. The zero-order chi connectivity index (χ0) is 14.0. The monoisotopic (exact) mass is 299 g/mol. The zero-order valence-electron chi connectivity index (χ0n) is 10.6. The van der Waals surface area contributed by atoms with Crippen LogP contribution in [0.5, 0.6) is 0 Å². The van der Waals surface area contributed by atoms with Crippen molar-refractivity contribution in [3.63, 3.8) is 0 Å². The molecule has 0 spiro atoms. The van der Waals surface area contributed by atoms with Crippen molar-refractivity contribution in [1.29, 1.82) is 0 Å². The van der Waals surface area contributed by atoms with Crippen LogP contribution in [0.25, 0.3) is 0 Å². The molecule has 0 aliphatic heterocycles. The molecule has 4 nitrogen and oxygen atoms in total. The van der Waals surface area contributed by atoms with Gasteiger partial charge in [-0.05, 0) is 44.2 Å². The Hall–Kier alpha value is -1.30. The number of halogens is 1. The molecule has 19 heavy (non-hydrogen) atoms. The minimum atomic E-state index is -3.62. The van der Waals surface area contributed by atoms with Gasteiger partial charge in [-0.1, -0.05) is 17.7 Å². The van der Waals surface area contributed by atoms with E-state index in [-0.39, 0.29) is 4.90 Å². The predicted molar refractivity (Wildman–Crippen MR) is 73.6 cm³/mol. The third-order valence-corrected chi connectivity index (χ3v) is 4.40. The fraction of sp³-hybridized carbons (Fsp3) is 0.231. The summed E-state index contributed by atoms with van der Waals surface area (Å²) in [6.45, 7) is 3.53. The van der Waals surface area contributed by atoms with Crippen LogP contribution in [0.4, 0.5) is 0 Å². The van der Waals surface area contributed by atoms with E-state index in [4.69, 9.17) is 16.0 Å². The smallest absolute Gasteiger partial charge is 0.241 e. The Kier molecular flexibility index (Phi) is 3.99. The summed E-state index contributed by atoms with van der Waals surface area (Å²) < 4.78 is 32.3. The number of aryl methyl sites for hydroxylation is 1. The lowest BCUT2D eigenvalue weighted by Gasteiger charge is -2.12. The normalized spacial score (nSPS) is 13.4. The summed E-state index contributed by atoms with van der Waals surface area (Å²) in [5.74, 6) is 1.31. The van der Waals surface area contributed by atoms with Crippen molar-refractivity contribution < 1.29 is 12.8 Å². The summed E-state index contributed by atoms with van der Waals surface area (Å²) in [7, 11) is -3.62. The van der Waals surface area contributed by atoms with Crippen LogP contribution in [0, 0.1) is 6.92 Å². The number of sulfonamides is 1. The zero-order valence-corrected chi connectivity index (χ0v) is 12.1. The van der Waals surface area contributed by atoms with Crippen LogP contribution in [0.3, 0.4) is 0 Å². The van der Waals surface area contributed by atoms with Gasteiger partial charge in [0.2, 0.25) is 10.0 Å². The second kappa shape index (κ2) is 5.36. The fourth-order valence-corrected chi connectivity index (χ4v) is 3.19. The average Bonchev–Trinajstić information content (AvgIpc) is 2.75. The molecular weight excluding hydrogens is 286 g/mol. The van der Waals surface area contributed by atoms with E-state index in [0.717, 1.165) is 5.76 Å². The van der Waals surface area contributed by atoms with Gasteiger partial charge in [-0.3, -0.25) is 0 Å². The Morgan fingerprint density at radius 1 is 1.26 bits per heavy atom. The number of rotatable bonds is 4. The van der Waals surface area contributed by atoms with Gasteiger partial charge < -0.3 is 4.42 Å². The van der Waals surface area contributed by atoms with Gasteiger partial charge in [-0.25, -0.2) is 13.1 Å². The summed E-state index contributed by atoms with van der Waals surface area (Å²) >= 11 is 5.80. The second-order valence-corrected chi connectivity index (χ2v) is 6.40. The van der Waals surface area contributed by atoms with Crippen molar-refractivity contribution in [2.45, 2.75) is 24.8 Å². The van der Waals surface area contributed by atoms with E-state index in [0.29, 0.717) is 10.8 Å². The predicted octanol–water partition coefficient (Wildman–Crippen LogP) is 3.28. The molecule has 1 aromatic carbocycles. The van der Waals surface area contributed by atoms with Crippen LogP contribution in [-0.2, 0) is 10.0 Å². The molecule has 1 N–H and O–H groups in total. The molecule has 0 saturated carbocycles. The second-order valence-electron chi connectivity index (χ2n) is 4.25. The quantitative estimate of drug-likeness (QED) is 0.942. The molecule has 0 bridgehead atoms. The first kappa shape index (κ1) is 14.1. The first-order valence-corrected chi connectivity index (χ1v) is 7.59. The Morgan fingerprint density at radius 2 is 2.00 bits per heavy atom. The van der Waals surface area contributed by atoms with E-state index in [1.807, 2.05) is 6.92 Å². The van der Waals surface area contributed by atoms with Gasteiger partial charge in [0.15, 0.2) is 0 Å². The van der Waals surface area contributed by atoms with Crippen molar-refractivity contribution >= 4 is 21.6 Å². The van der Waals surface area contributed by atoms with Crippen molar-refractivity contribution in [3.8, 4) is 0 Å². The molecule has 1 aromatic heterocycles. The van der Waals surface area contributed by atoms with E-state index in [1.165, 1.54) is 12.1 Å². The third kappa shape index (κ3) is 3.37. The summed E-state index contributed by atoms with van der Waals surface area (Å²) in [6, 6.07) is 9.22. The van der Waals surface area contributed by atoms with Crippen molar-refractivity contribution in [2.75, 3.05) is 0 Å². The maximum absolute atomic E-state index is 12.2. The van der Waals surface area contributed by atoms with Gasteiger partial charge in [0.05, 0.1) is 10.9 Å². The summed E-state index contributed by atoms with van der Waals surface area (Å²) in [6.07, 6.45) is 0. The Bertz CT molecular complexity index is 679. The summed E-state index contributed by atoms with van der Waals surface area (Å²) in [5, 5.41) is 0.379. The maximum atomic E-state index is 12.2. The van der Waals surface area contributed by atoms with Gasteiger partial charge in [0.25, 0.3) is 0 Å². The van der Waals surface area contributed by atoms with Crippen LogP contribution in [-0.4, -0.2) is 8.42 Å².